The molecular weight excluding hydrogens is 246 g/mol. The summed E-state index contributed by atoms with van der Waals surface area (Å²) in [5, 5.41) is 0. The molecule has 9 heavy (non-hydrogen) atoms. The van der Waals surface area contributed by atoms with Crippen LogP contribution in [0.5, 0.6) is 0 Å². The molecule has 0 saturated carbocycles. The molecule has 0 bridgehead atoms. The first-order valence-corrected chi connectivity index (χ1v) is 7.54. The molecule has 0 spiro atoms. The normalized spacial score (nSPS) is 17.0. The Bertz CT molecular complexity index is 152. The molecule has 0 aromatic carbocycles. The van der Waals surface area contributed by atoms with Crippen LogP contribution in [0.3, 0.4) is 0 Å². The molecule has 0 aliphatic rings. The third-order valence-corrected chi connectivity index (χ3v) is 3.27. The van der Waals surface area contributed by atoms with E-state index in [2.05, 4.69) is 13.6 Å². The minimum atomic E-state index is -1.73. The van der Waals surface area contributed by atoms with Crippen molar-refractivity contribution in [3.8, 4) is 0 Å². The van der Waals surface area contributed by atoms with Gasteiger partial charge in [0.2, 0.25) is 0 Å². The zero-order valence-electron chi connectivity index (χ0n) is 5.73. The molecule has 0 saturated heterocycles. The first kappa shape index (κ1) is 9.94. The molecule has 0 aliphatic carbocycles. The van der Waals surface area contributed by atoms with Crippen molar-refractivity contribution >= 4 is 34.5 Å². The van der Waals surface area contributed by atoms with Gasteiger partial charge in [-0.25, -0.2) is 0 Å². The fourth-order valence-electron chi connectivity index (χ4n) is 0.568. The van der Waals surface area contributed by atoms with Gasteiger partial charge in [0.15, 0.2) is 0 Å². The molecule has 54 valence electrons. The summed E-state index contributed by atoms with van der Waals surface area (Å²) in [6.45, 7) is 3.97. The fraction of sp³-hybridized carbons (Fsp3) is 1.00. The van der Waals surface area contributed by atoms with E-state index in [0.29, 0.717) is 0 Å². The quantitative estimate of drug-likeness (QED) is 0.324. The van der Waals surface area contributed by atoms with E-state index in [9.17, 15) is 4.21 Å². The maximum atomic E-state index is 10.9. The van der Waals surface area contributed by atoms with Crippen molar-refractivity contribution in [3.63, 3.8) is 0 Å². The molecule has 0 aromatic rings. The standard InChI is InChI=1S/C5H12BIOS/c1-2-3-4-5-9(6,7)8/h6H,2-5H2,1H3. The topological polar surface area (TPSA) is 17.1 Å². The minimum absolute atomic E-state index is 0.779. The predicted molar refractivity (Wildman–Crippen MR) is 53.7 cm³/mol. The van der Waals surface area contributed by atoms with E-state index in [-0.39, 0.29) is 0 Å². The Kier molecular flexibility index (Phi) is 5.21. The summed E-state index contributed by atoms with van der Waals surface area (Å²) >= 11 is 1.93. The van der Waals surface area contributed by atoms with Gasteiger partial charge in [0.05, 0.1) is 0 Å². The summed E-state index contributed by atoms with van der Waals surface area (Å²) in [6, 6.07) is 0. The molecule has 1 unspecified atom stereocenters. The van der Waals surface area contributed by atoms with E-state index in [1.54, 1.807) is 0 Å². The fourth-order valence-corrected chi connectivity index (χ4v) is 2.14. The summed E-state index contributed by atoms with van der Waals surface area (Å²) in [7, 11) is 0. The number of unbranched alkanes of at least 4 members (excludes halogenated alkanes) is 2. The van der Waals surface area contributed by atoms with Crippen LogP contribution in [0.4, 0.5) is 0 Å². The third kappa shape index (κ3) is 8.94. The zero-order chi connectivity index (χ0) is 7.33. The van der Waals surface area contributed by atoms with Gasteiger partial charge in [0.1, 0.15) is 0 Å². The van der Waals surface area contributed by atoms with Crippen molar-refractivity contribution in [1.29, 1.82) is 0 Å². The maximum absolute atomic E-state index is 10.9. The Balaban J connectivity index is 3.30. The number of hydrogen-bond donors (Lipinski definition) is 0. The van der Waals surface area contributed by atoms with Crippen LogP contribution in [0.2, 0.25) is 0 Å². The second kappa shape index (κ2) is 4.71. The van der Waals surface area contributed by atoms with E-state index < -0.39 is 6.53 Å². The van der Waals surface area contributed by atoms with Crippen LogP contribution in [0.15, 0.2) is 0 Å². The number of rotatable bonds is 4. The van der Waals surface area contributed by atoms with Gasteiger partial charge in [0, 0.05) is 0 Å². The van der Waals surface area contributed by atoms with Crippen LogP contribution in [-0.2, 0) is 6.53 Å². The Hall–Kier alpha value is 0.945. The summed E-state index contributed by atoms with van der Waals surface area (Å²) in [4.78, 5) is 0. The molecule has 0 radical (unpaired) electrons. The van der Waals surface area contributed by atoms with Crippen molar-refractivity contribution in [3.05, 3.63) is 0 Å². The third-order valence-electron chi connectivity index (χ3n) is 1.05. The second-order valence-electron chi connectivity index (χ2n) is 2.13. The Morgan fingerprint density at radius 2 is 2.11 bits per heavy atom. The van der Waals surface area contributed by atoms with E-state index in [1.165, 1.54) is 12.8 Å². The van der Waals surface area contributed by atoms with Gasteiger partial charge in [-0.1, -0.05) is 0 Å². The Morgan fingerprint density at radius 3 is 2.44 bits per heavy atom. The van der Waals surface area contributed by atoms with E-state index >= 15 is 0 Å². The van der Waals surface area contributed by atoms with Crippen molar-refractivity contribution in [1.82, 2.24) is 0 Å². The monoisotopic (exact) mass is 258 g/mol. The van der Waals surface area contributed by atoms with Gasteiger partial charge in [0.25, 0.3) is 0 Å². The molecule has 1 atom stereocenters. The summed E-state index contributed by atoms with van der Waals surface area (Å²) < 4.78 is 10.9. The molecule has 0 N–H and O–H groups in total. The number of hydrogen-bond acceptors (Lipinski definition) is 1. The summed E-state index contributed by atoms with van der Waals surface area (Å²) in [6.07, 6.45) is 3.42. The van der Waals surface area contributed by atoms with Crippen molar-refractivity contribution in [2.24, 2.45) is 0 Å². The van der Waals surface area contributed by atoms with Crippen molar-refractivity contribution in [2.45, 2.75) is 26.2 Å². The second-order valence-corrected chi connectivity index (χ2v) is 8.80. The van der Waals surface area contributed by atoms with E-state index in [1.807, 2.05) is 21.2 Å². The SMILES string of the molecule is B=S(=O)(I)CCCCC. The molecule has 0 amide bonds. The summed E-state index contributed by atoms with van der Waals surface area (Å²) in [5.41, 5.74) is 0. The van der Waals surface area contributed by atoms with Crippen molar-refractivity contribution < 1.29 is 4.21 Å². The zero-order valence-corrected chi connectivity index (χ0v) is 8.70. The predicted octanol–water partition coefficient (Wildman–Crippen LogP) is 1.63. The molecule has 0 fully saturated rings. The molecule has 0 aromatic heterocycles. The average Bonchev–Trinajstić information content (AvgIpc) is 1.63. The molecule has 0 heterocycles. The molecular formula is C5H12BIOS. The van der Waals surface area contributed by atoms with Gasteiger partial charge in [-0.05, 0) is 0 Å². The van der Waals surface area contributed by atoms with Crippen LogP contribution < -0.4 is 0 Å². The van der Waals surface area contributed by atoms with Crippen LogP contribution in [0.25, 0.3) is 0 Å². The van der Waals surface area contributed by atoms with Crippen molar-refractivity contribution in [2.75, 3.05) is 5.75 Å². The van der Waals surface area contributed by atoms with Gasteiger partial charge in [-0.3, -0.25) is 0 Å². The van der Waals surface area contributed by atoms with Crippen LogP contribution >= 0.6 is 21.2 Å². The molecule has 1 nitrogen and oxygen atoms in total. The Labute approximate surface area is 70.5 Å². The molecule has 0 aliphatic heterocycles. The number of halogens is 1. The first-order valence-electron chi connectivity index (χ1n) is 3.11. The van der Waals surface area contributed by atoms with Crippen LogP contribution in [-0.4, -0.2) is 16.7 Å². The van der Waals surface area contributed by atoms with E-state index in [4.69, 9.17) is 0 Å². The van der Waals surface area contributed by atoms with E-state index in [0.717, 1.165) is 12.2 Å². The summed E-state index contributed by atoms with van der Waals surface area (Å²) in [5.74, 6) is 0.779. The molecule has 4 heteroatoms. The van der Waals surface area contributed by atoms with Crippen LogP contribution in [0, 0.1) is 0 Å². The van der Waals surface area contributed by atoms with Gasteiger partial charge < -0.3 is 0 Å². The first-order chi connectivity index (χ1) is 4.06. The van der Waals surface area contributed by atoms with Gasteiger partial charge >= 0.3 is 70.6 Å². The van der Waals surface area contributed by atoms with Gasteiger partial charge in [-0.15, -0.1) is 0 Å². The van der Waals surface area contributed by atoms with Gasteiger partial charge in [-0.2, -0.15) is 0 Å². The average molecular weight is 258 g/mol. The van der Waals surface area contributed by atoms with Crippen LogP contribution in [0.1, 0.15) is 26.2 Å². The molecule has 0 rings (SSSR count). The Morgan fingerprint density at radius 1 is 1.56 bits per heavy atom.